The number of amides is 3. The van der Waals surface area contributed by atoms with E-state index < -0.39 is 11.9 Å². The highest BCUT2D eigenvalue weighted by Gasteiger charge is 2.17. The average Bonchev–Trinajstić information content (AvgIpc) is 2.53. The molecule has 2 rings (SSSR count). The van der Waals surface area contributed by atoms with E-state index in [9.17, 15) is 14.9 Å². The summed E-state index contributed by atoms with van der Waals surface area (Å²) in [5, 5.41) is 14.9. The first-order valence-electron chi connectivity index (χ1n) is 8.11. The second kappa shape index (κ2) is 8.69. The number of nitriles is 1. The molecule has 0 saturated heterocycles. The number of imide groups is 1. The summed E-state index contributed by atoms with van der Waals surface area (Å²) >= 11 is 1.17. The normalized spacial score (nSPS) is 14.7. The Bertz CT molecular complexity index is 663. The predicted molar refractivity (Wildman–Crippen MR) is 92.7 cm³/mol. The molecule has 0 unspecified atom stereocenters. The Morgan fingerprint density at radius 1 is 1.33 bits per heavy atom. The van der Waals surface area contributed by atoms with Gasteiger partial charge in [-0.05, 0) is 38.3 Å². The molecule has 1 aliphatic carbocycles. The van der Waals surface area contributed by atoms with E-state index >= 15 is 0 Å². The highest BCUT2D eigenvalue weighted by molar-refractivity contribution is 8.00. The van der Waals surface area contributed by atoms with E-state index in [4.69, 9.17) is 0 Å². The van der Waals surface area contributed by atoms with Crippen molar-refractivity contribution in [3.8, 4) is 6.07 Å². The SMILES string of the molecule is Cc1cc(C)c(C#N)c(SCC(=O)NC(=O)NC2CCCCC2)n1. The molecule has 24 heavy (non-hydrogen) atoms. The fraction of sp³-hybridized carbons (Fsp3) is 0.529. The van der Waals surface area contributed by atoms with Gasteiger partial charge in [-0.2, -0.15) is 5.26 Å². The third-order valence-corrected chi connectivity index (χ3v) is 4.93. The Labute approximate surface area is 146 Å². The molecule has 1 fully saturated rings. The van der Waals surface area contributed by atoms with Crippen LogP contribution in [0.15, 0.2) is 11.1 Å². The van der Waals surface area contributed by atoms with Crippen molar-refractivity contribution in [2.24, 2.45) is 0 Å². The lowest BCUT2D eigenvalue weighted by Crippen LogP contribution is -2.45. The quantitative estimate of drug-likeness (QED) is 0.818. The van der Waals surface area contributed by atoms with Crippen LogP contribution < -0.4 is 10.6 Å². The van der Waals surface area contributed by atoms with Gasteiger partial charge in [0, 0.05) is 11.7 Å². The third kappa shape index (κ3) is 5.24. The number of rotatable bonds is 4. The van der Waals surface area contributed by atoms with Gasteiger partial charge < -0.3 is 5.32 Å². The van der Waals surface area contributed by atoms with Crippen LogP contribution in [0, 0.1) is 25.2 Å². The van der Waals surface area contributed by atoms with Crippen LogP contribution in [-0.2, 0) is 4.79 Å². The van der Waals surface area contributed by atoms with Crippen molar-refractivity contribution >= 4 is 23.7 Å². The molecule has 7 heteroatoms. The lowest BCUT2D eigenvalue weighted by atomic mass is 9.96. The summed E-state index contributed by atoms with van der Waals surface area (Å²) < 4.78 is 0. The molecular formula is C17H22N4O2S. The highest BCUT2D eigenvalue weighted by atomic mass is 32.2. The summed E-state index contributed by atoms with van der Waals surface area (Å²) in [6, 6.07) is 3.66. The minimum atomic E-state index is -0.443. The summed E-state index contributed by atoms with van der Waals surface area (Å²) in [5.74, 6) is -0.346. The molecule has 6 nitrogen and oxygen atoms in total. The van der Waals surface area contributed by atoms with E-state index in [0.717, 1.165) is 36.9 Å². The van der Waals surface area contributed by atoms with Crippen molar-refractivity contribution < 1.29 is 9.59 Å². The standard InChI is InChI=1S/C17H22N4O2S/c1-11-8-12(2)19-16(14(11)9-18)24-10-15(22)21-17(23)20-13-6-4-3-5-7-13/h8,13H,3-7,10H2,1-2H3,(H2,20,21,22,23). The summed E-state index contributed by atoms with van der Waals surface area (Å²) in [6.45, 7) is 3.69. The zero-order valence-electron chi connectivity index (χ0n) is 14.0. The molecule has 0 bridgehead atoms. The average molecular weight is 346 g/mol. The van der Waals surface area contributed by atoms with Crippen molar-refractivity contribution in [2.75, 3.05) is 5.75 Å². The van der Waals surface area contributed by atoms with Crippen LogP contribution in [-0.4, -0.2) is 28.7 Å². The summed E-state index contributed by atoms with van der Waals surface area (Å²) in [4.78, 5) is 28.1. The molecule has 128 valence electrons. The summed E-state index contributed by atoms with van der Waals surface area (Å²) in [7, 11) is 0. The van der Waals surface area contributed by atoms with Gasteiger partial charge in [0.2, 0.25) is 5.91 Å². The molecule has 1 aromatic rings. The zero-order chi connectivity index (χ0) is 17.5. The molecule has 3 amide bonds. The number of aryl methyl sites for hydroxylation is 2. The molecule has 0 spiro atoms. The Morgan fingerprint density at radius 3 is 2.71 bits per heavy atom. The number of hydrogen-bond donors (Lipinski definition) is 2. The maximum Gasteiger partial charge on any atom is 0.321 e. The molecule has 0 aliphatic heterocycles. The number of carbonyl (C=O) groups excluding carboxylic acids is 2. The van der Waals surface area contributed by atoms with E-state index in [1.165, 1.54) is 18.2 Å². The Kier molecular flexibility index (Phi) is 6.62. The van der Waals surface area contributed by atoms with Crippen molar-refractivity contribution in [3.63, 3.8) is 0 Å². The van der Waals surface area contributed by atoms with E-state index in [1.807, 2.05) is 19.9 Å². The number of aromatic nitrogens is 1. The molecule has 1 aromatic heterocycles. The molecule has 0 aromatic carbocycles. The maximum absolute atomic E-state index is 11.9. The zero-order valence-corrected chi connectivity index (χ0v) is 14.8. The fourth-order valence-corrected chi connectivity index (χ4v) is 3.71. The van der Waals surface area contributed by atoms with Crippen LogP contribution in [0.25, 0.3) is 0 Å². The fourth-order valence-electron chi connectivity index (χ4n) is 2.81. The van der Waals surface area contributed by atoms with E-state index in [0.29, 0.717) is 10.6 Å². The number of thioether (sulfide) groups is 1. The minimum absolute atomic E-state index is 0.0443. The van der Waals surface area contributed by atoms with Crippen molar-refractivity contribution in [1.82, 2.24) is 15.6 Å². The van der Waals surface area contributed by atoms with Gasteiger partial charge in [-0.3, -0.25) is 10.1 Å². The summed E-state index contributed by atoms with van der Waals surface area (Å²) in [5.41, 5.74) is 2.11. The first-order valence-corrected chi connectivity index (χ1v) is 9.09. The van der Waals surface area contributed by atoms with Gasteiger partial charge in [0.15, 0.2) is 0 Å². The highest BCUT2D eigenvalue weighted by Crippen LogP contribution is 2.23. The molecular weight excluding hydrogens is 324 g/mol. The number of hydrogen-bond acceptors (Lipinski definition) is 5. The van der Waals surface area contributed by atoms with Gasteiger partial charge in [-0.1, -0.05) is 31.0 Å². The monoisotopic (exact) mass is 346 g/mol. The Morgan fingerprint density at radius 2 is 2.04 bits per heavy atom. The third-order valence-electron chi connectivity index (χ3n) is 3.96. The number of urea groups is 1. The van der Waals surface area contributed by atoms with Crippen molar-refractivity contribution in [2.45, 2.75) is 57.0 Å². The largest absolute Gasteiger partial charge is 0.335 e. The van der Waals surface area contributed by atoms with Crippen LogP contribution >= 0.6 is 11.8 Å². The summed E-state index contributed by atoms with van der Waals surface area (Å²) in [6.07, 6.45) is 5.37. The first kappa shape index (κ1) is 18.3. The predicted octanol–water partition coefficient (Wildman–Crippen LogP) is 2.82. The Hall–Kier alpha value is -2.07. The molecule has 1 saturated carbocycles. The van der Waals surface area contributed by atoms with Crippen molar-refractivity contribution in [1.29, 1.82) is 5.26 Å². The van der Waals surface area contributed by atoms with Crippen LogP contribution in [0.1, 0.15) is 48.9 Å². The number of carbonyl (C=O) groups is 2. The molecule has 0 radical (unpaired) electrons. The topological polar surface area (TPSA) is 94.9 Å². The molecule has 0 atom stereocenters. The van der Waals surface area contributed by atoms with Crippen LogP contribution in [0.4, 0.5) is 4.79 Å². The molecule has 1 heterocycles. The number of nitrogens with one attached hydrogen (secondary N) is 2. The van der Waals surface area contributed by atoms with E-state index in [2.05, 4.69) is 21.7 Å². The smallest absolute Gasteiger partial charge is 0.321 e. The van der Waals surface area contributed by atoms with Crippen molar-refractivity contribution in [3.05, 3.63) is 22.9 Å². The van der Waals surface area contributed by atoms with E-state index in [-0.39, 0.29) is 11.8 Å². The van der Waals surface area contributed by atoms with Crippen LogP contribution in [0.5, 0.6) is 0 Å². The number of nitrogens with zero attached hydrogens (tertiary/aromatic N) is 2. The first-order chi connectivity index (χ1) is 11.5. The van der Waals surface area contributed by atoms with Crippen LogP contribution in [0.2, 0.25) is 0 Å². The Balaban J connectivity index is 1.85. The van der Waals surface area contributed by atoms with E-state index in [1.54, 1.807) is 0 Å². The van der Waals surface area contributed by atoms with Gasteiger partial charge in [-0.15, -0.1) is 0 Å². The van der Waals surface area contributed by atoms with Gasteiger partial charge >= 0.3 is 6.03 Å². The van der Waals surface area contributed by atoms with Crippen LogP contribution in [0.3, 0.4) is 0 Å². The van der Waals surface area contributed by atoms with Gasteiger partial charge in [0.25, 0.3) is 0 Å². The van der Waals surface area contributed by atoms with Gasteiger partial charge in [0.1, 0.15) is 11.1 Å². The van der Waals surface area contributed by atoms with Gasteiger partial charge in [0.05, 0.1) is 11.3 Å². The lowest BCUT2D eigenvalue weighted by molar-refractivity contribution is -0.117. The lowest BCUT2D eigenvalue weighted by Gasteiger charge is -2.22. The maximum atomic E-state index is 11.9. The van der Waals surface area contributed by atoms with Gasteiger partial charge in [-0.25, -0.2) is 9.78 Å². The molecule has 1 aliphatic rings. The molecule has 2 N–H and O–H groups in total. The minimum Gasteiger partial charge on any atom is -0.335 e. The second-order valence-corrected chi connectivity index (χ2v) is 6.98. The second-order valence-electron chi connectivity index (χ2n) is 6.02. The number of pyridine rings is 1.